The van der Waals surface area contributed by atoms with Crippen molar-refractivity contribution >= 4 is 21.5 Å². The van der Waals surface area contributed by atoms with Gasteiger partial charge in [0.2, 0.25) is 0 Å². The second-order valence-corrected chi connectivity index (χ2v) is 5.31. The van der Waals surface area contributed by atoms with Crippen LogP contribution in [0.1, 0.15) is 5.56 Å². The number of benzene rings is 3. The van der Waals surface area contributed by atoms with Gasteiger partial charge in [0.1, 0.15) is 18.5 Å². The third-order valence-electron chi connectivity index (χ3n) is 3.97. The Hall–Kier alpha value is -2.06. The Balaban J connectivity index is 2.01. The summed E-state index contributed by atoms with van der Waals surface area (Å²) in [7, 11) is 0. The average Bonchev–Trinajstić information content (AvgIpc) is 3.32. The predicted molar refractivity (Wildman–Crippen MR) is 81.4 cm³/mol. The van der Waals surface area contributed by atoms with Crippen molar-refractivity contribution in [3.8, 4) is 5.75 Å². The molecule has 1 aliphatic rings. The Morgan fingerprint density at radius 1 is 0.950 bits per heavy atom. The Kier molecular flexibility index (Phi) is 2.64. The third kappa shape index (κ3) is 1.84. The normalized spacial score (nSPS) is 17.6. The van der Waals surface area contributed by atoms with E-state index in [1.165, 1.54) is 27.1 Å². The molecule has 3 aromatic carbocycles. The van der Waals surface area contributed by atoms with Crippen LogP contribution in [0.5, 0.6) is 5.75 Å². The molecule has 2 heteroatoms. The molecule has 0 radical (unpaired) electrons. The van der Waals surface area contributed by atoms with Gasteiger partial charge in [-0.05, 0) is 23.3 Å². The first kappa shape index (κ1) is 11.7. The molecule has 0 amide bonds. The van der Waals surface area contributed by atoms with E-state index < -0.39 is 0 Å². The highest BCUT2D eigenvalue weighted by Gasteiger charge is 2.24. The minimum absolute atomic E-state index is 0.272. The van der Waals surface area contributed by atoms with Gasteiger partial charge >= 0.3 is 0 Å². The van der Waals surface area contributed by atoms with Crippen molar-refractivity contribution in [3.05, 3.63) is 54.1 Å². The summed E-state index contributed by atoms with van der Waals surface area (Å²) < 4.78 is 11.3. The van der Waals surface area contributed by atoms with E-state index >= 15 is 0 Å². The minimum atomic E-state index is 0.272. The van der Waals surface area contributed by atoms with Crippen LogP contribution in [0.25, 0.3) is 21.5 Å². The van der Waals surface area contributed by atoms with E-state index in [0.717, 1.165) is 12.4 Å². The van der Waals surface area contributed by atoms with Crippen LogP contribution in [-0.2, 0) is 4.74 Å². The van der Waals surface area contributed by atoms with Gasteiger partial charge in [0.25, 0.3) is 0 Å². The number of ether oxygens (including phenoxy) is 2. The van der Waals surface area contributed by atoms with E-state index in [-0.39, 0.29) is 6.10 Å². The molecule has 0 aliphatic carbocycles. The molecule has 1 fully saturated rings. The molecule has 4 rings (SSSR count). The van der Waals surface area contributed by atoms with E-state index in [2.05, 4.69) is 55.5 Å². The zero-order valence-corrected chi connectivity index (χ0v) is 11.4. The lowest BCUT2D eigenvalue weighted by molar-refractivity contribution is 0.267. The maximum absolute atomic E-state index is 6.09. The molecule has 2 nitrogen and oxygen atoms in total. The monoisotopic (exact) mass is 264 g/mol. The number of aryl methyl sites for hydroxylation is 1. The summed E-state index contributed by atoms with van der Waals surface area (Å²) >= 11 is 0. The van der Waals surface area contributed by atoms with Gasteiger partial charge in [-0.25, -0.2) is 0 Å². The molecule has 0 aromatic heterocycles. The molecule has 0 N–H and O–H groups in total. The van der Waals surface area contributed by atoms with Crippen molar-refractivity contribution < 1.29 is 9.47 Å². The first-order valence-corrected chi connectivity index (χ1v) is 6.99. The van der Waals surface area contributed by atoms with Crippen LogP contribution in [0.4, 0.5) is 0 Å². The summed E-state index contributed by atoms with van der Waals surface area (Å²) in [5.41, 5.74) is 1.31. The number of fused-ring (bicyclic) bond motifs is 2. The van der Waals surface area contributed by atoms with Crippen molar-refractivity contribution in [2.24, 2.45) is 0 Å². The second kappa shape index (κ2) is 4.50. The number of hydrogen-bond donors (Lipinski definition) is 0. The fourth-order valence-corrected chi connectivity index (χ4v) is 2.80. The van der Waals surface area contributed by atoms with Crippen molar-refractivity contribution in [1.29, 1.82) is 0 Å². The molecule has 100 valence electrons. The lowest BCUT2D eigenvalue weighted by Gasteiger charge is -2.15. The SMILES string of the molecule is Cc1c2ccccc2c(OCC2CO2)c2ccccc12. The van der Waals surface area contributed by atoms with Crippen LogP contribution in [0.2, 0.25) is 0 Å². The molecule has 0 bridgehead atoms. The first-order chi connectivity index (χ1) is 9.84. The first-order valence-electron chi connectivity index (χ1n) is 6.99. The molecule has 3 aromatic rings. The molecular weight excluding hydrogens is 248 g/mol. The van der Waals surface area contributed by atoms with E-state index in [4.69, 9.17) is 9.47 Å². The van der Waals surface area contributed by atoms with Crippen LogP contribution in [0, 0.1) is 6.92 Å². The molecule has 1 atom stereocenters. The molecule has 1 saturated heterocycles. The summed E-state index contributed by atoms with van der Waals surface area (Å²) in [5.74, 6) is 0.984. The van der Waals surface area contributed by atoms with Crippen LogP contribution in [0.15, 0.2) is 48.5 Å². The Bertz CT molecular complexity index is 731. The maximum atomic E-state index is 6.09. The molecule has 0 spiro atoms. The van der Waals surface area contributed by atoms with Gasteiger partial charge in [0.05, 0.1) is 6.61 Å². The number of rotatable bonds is 3. The maximum Gasteiger partial charge on any atom is 0.135 e. The highest BCUT2D eigenvalue weighted by atomic mass is 16.6. The van der Waals surface area contributed by atoms with E-state index in [1.807, 2.05) is 0 Å². The molecular formula is C18H16O2. The highest BCUT2D eigenvalue weighted by molar-refractivity contribution is 6.08. The topological polar surface area (TPSA) is 21.8 Å². The Labute approximate surface area is 117 Å². The molecule has 1 unspecified atom stereocenters. The fraction of sp³-hybridized carbons (Fsp3) is 0.222. The van der Waals surface area contributed by atoms with Crippen LogP contribution in [-0.4, -0.2) is 19.3 Å². The Morgan fingerprint density at radius 3 is 1.95 bits per heavy atom. The molecule has 1 aliphatic heterocycles. The van der Waals surface area contributed by atoms with Crippen molar-refractivity contribution in [2.75, 3.05) is 13.2 Å². The Morgan fingerprint density at radius 2 is 1.45 bits per heavy atom. The molecule has 0 saturated carbocycles. The predicted octanol–water partition coefficient (Wildman–Crippen LogP) is 4.08. The molecule has 20 heavy (non-hydrogen) atoms. The van der Waals surface area contributed by atoms with Gasteiger partial charge in [-0.15, -0.1) is 0 Å². The summed E-state index contributed by atoms with van der Waals surface area (Å²) in [6.45, 7) is 3.64. The van der Waals surface area contributed by atoms with E-state index in [1.54, 1.807) is 0 Å². The fourth-order valence-electron chi connectivity index (χ4n) is 2.80. The van der Waals surface area contributed by atoms with Crippen molar-refractivity contribution in [2.45, 2.75) is 13.0 Å². The third-order valence-corrected chi connectivity index (χ3v) is 3.97. The van der Waals surface area contributed by atoms with Crippen LogP contribution in [0.3, 0.4) is 0 Å². The van der Waals surface area contributed by atoms with Crippen molar-refractivity contribution in [3.63, 3.8) is 0 Å². The number of hydrogen-bond acceptors (Lipinski definition) is 2. The summed E-state index contributed by atoms with van der Waals surface area (Å²) in [4.78, 5) is 0. The highest BCUT2D eigenvalue weighted by Crippen LogP contribution is 2.38. The molecule has 1 heterocycles. The largest absolute Gasteiger partial charge is 0.489 e. The zero-order chi connectivity index (χ0) is 13.5. The lowest BCUT2D eigenvalue weighted by Crippen LogP contribution is -2.05. The minimum Gasteiger partial charge on any atom is -0.489 e. The van der Waals surface area contributed by atoms with Crippen LogP contribution < -0.4 is 4.74 Å². The zero-order valence-electron chi connectivity index (χ0n) is 11.4. The van der Waals surface area contributed by atoms with Gasteiger partial charge in [-0.3, -0.25) is 0 Å². The van der Waals surface area contributed by atoms with Gasteiger partial charge in [-0.1, -0.05) is 48.5 Å². The number of epoxide rings is 1. The van der Waals surface area contributed by atoms with Gasteiger partial charge in [0.15, 0.2) is 0 Å². The smallest absolute Gasteiger partial charge is 0.135 e. The van der Waals surface area contributed by atoms with E-state index in [9.17, 15) is 0 Å². The van der Waals surface area contributed by atoms with Crippen molar-refractivity contribution in [1.82, 2.24) is 0 Å². The van der Waals surface area contributed by atoms with Gasteiger partial charge < -0.3 is 9.47 Å². The van der Waals surface area contributed by atoms with Crippen LogP contribution >= 0.6 is 0 Å². The summed E-state index contributed by atoms with van der Waals surface area (Å²) in [6.07, 6.45) is 0.272. The quantitative estimate of drug-likeness (QED) is 0.525. The second-order valence-electron chi connectivity index (χ2n) is 5.31. The summed E-state index contributed by atoms with van der Waals surface area (Å²) in [6, 6.07) is 16.9. The van der Waals surface area contributed by atoms with E-state index in [0.29, 0.717) is 6.61 Å². The lowest BCUT2D eigenvalue weighted by atomic mass is 9.96. The van der Waals surface area contributed by atoms with Gasteiger partial charge in [0, 0.05) is 10.8 Å². The standard InChI is InChI=1S/C18H16O2/c1-12-14-6-2-4-8-16(14)18(20-11-13-10-19-13)17-9-5-3-7-15(12)17/h2-9,13H,10-11H2,1H3. The summed E-state index contributed by atoms with van der Waals surface area (Å²) in [5, 5.41) is 4.89. The average molecular weight is 264 g/mol. The van der Waals surface area contributed by atoms with Gasteiger partial charge in [-0.2, -0.15) is 0 Å².